The van der Waals surface area contributed by atoms with Gasteiger partial charge in [-0.3, -0.25) is 0 Å². The summed E-state index contributed by atoms with van der Waals surface area (Å²) in [4.78, 5) is 13.4. The number of hydrogen-bond donors (Lipinski definition) is 2. The van der Waals surface area contributed by atoms with Crippen molar-refractivity contribution in [1.82, 2.24) is 5.32 Å². The summed E-state index contributed by atoms with van der Waals surface area (Å²) >= 11 is 1.62. The quantitative estimate of drug-likeness (QED) is 0.818. The van der Waals surface area contributed by atoms with E-state index in [1.165, 1.54) is 0 Å². The summed E-state index contributed by atoms with van der Waals surface area (Å²) in [5.41, 5.74) is 0.842. The summed E-state index contributed by atoms with van der Waals surface area (Å²) in [5, 5.41) is 6.05. The molecule has 5 nitrogen and oxygen atoms in total. The summed E-state index contributed by atoms with van der Waals surface area (Å²) in [6, 6.07) is 7.79. The number of ether oxygens (including phenoxy) is 2. The number of fused-ring (bicyclic) bond motifs is 1. The lowest BCUT2D eigenvalue weighted by Crippen LogP contribution is -2.63. The van der Waals surface area contributed by atoms with Crippen LogP contribution in [0.3, 0.4) is 0 Å². The first-order valence-corrected chi connectivity index (χ1v) is 8.78. The molecular weight excluding hydrogens is 300 g/mol. The van der Waals surface area contributed by atoms with Crippen molar-refractivity contribution in [2.75, 3.05) is 31.9 Å². The Labute approximate surface area is 135 Å². The summed E-state index contributed by atoms with van der Waals surface area (Å²) in [6.45, 7) is 1.40. The fourth-order valence-electron chi connectivity index (χ4n) is 3.49. The minimum atomic E-state index is -0.155. The number of anilines is 1. The van der Waals surface area contributed by atoms with Gasteiger partial charge in [-0.1, -0.05) is 12.1 Å². The third-order valence-corrected chi connectivity index (χ3v) is 5.34. The second kappa shape index (κ2) is 6.89. The highest BCUT2D eigenvalue weighted by atomic mass is 32.2. The zero-order valence-corrected chi connectivity index (χ0v) is 13.7. The number of para-hydroxylation sites is 1. The highest BCUT2D eigenvalue weighted by Gasteiger charge is 2.54. The molecule has 1 aromatic carbocycles. The number of amides is 2. The van der Waals surface area contributed by atoms with E-state index in [2.05, 4.69) is 10.6 Å². The lowest BCUT2D eigenvalue weighted by atomic mass is 9.67. The van der Waals surface area contributed by atoms with E-state index in [4.69, 9.17) is 9.47 Å². The summed E-state index contributed by atoms with van der Waals surface area (Å²) in [5.74, 6) is 0.667. The van der Waals surface area contributed by atoms with Crippen molar-refractivity contribution in [2.45, 2.75) is 23.5 Å². The third kappa shape index (κ3) is 2.95. The van der Waals surface area contributed by atoms with Gasteiger partial charge in [-0.2, -0.15) is 0 Å². The fourth-order valence-corrected chi connectivity index (χ4v) is 4.05. The van der Waals surface area contributed by atoms with Crippen molar-refractivity contribution >= 4 is 23.5 Å². The Balaban J connectivity index is 1.61. The number of hydrogen-bond acceptors (Lipinski definition) is 4. The molecule has 120 valence electrons. The number of rotatable bonds is 5. The number of thioether (sulfide) groups is 1. The third-order valence-electron chi connectivity index (χ3n) is 4.54. The topological polar surface area (TPSA) is 59.6 Å². The van der Waals surface area contributed by atoms with Crippen molar-refractivity contribution in [1.29, 1.82) is 0 Å². The van der Waals surface area contributed by atoms with E-state index >= 15 is 0 Å². The Hall–Kier alpha value is -1.24. The minimum absolute atomic E-state index is 0.133. The Kier molecular flexibility index (Phi) is 4.90. The molecule has 1 saturated carbocycles. The van der Waals surface area contributed by atoms with Crippen molar-refractivity contribution < 1.29 is 14.3 Å². The Morgan fingerprint density at radius 2 is 2.27 bits per heavy atom. The number of carbonyl (C=O) groups excluding carboxylic acids is 1. The van der Waals surface area contributed by atoms with Crippen LogP contribution in [0.2, 0.25) is 0 Å². The standard InChI is InChI=1S/C16H22N2O3S/c1-20-9-11-14(10-7-8-21-15(10)11)18-16(19)17-12-5-3-4-6-13(12)22-2/h3-6,10-11,14-15H,7-9H2,1-2H3,(H2,17,18,19)/t10-,11+,14+,15-/m0/s1. The van der Waals surface area contributed by atoms with Gasteiger partial charge in [0.05, 0.1) is 18.4 Å². The largest absolute Gasteiger partial charge is 0.384 e. The first-order valence-electron chi connectivity index (χ1n) is 7.55. The predicted molar refractivity (Wildman–Crippen MR) is 87.4 cm³/mol. The molecule has 1 aliphatic heterocycles. The molecule has 2 fully saturated rings. The molecule has 1 heterocycles. The zero-order chi connectivity index (χ0) is 15.5. The van der Waals surface area contributed by atoms with Crippen LogP contribution in [-0.4, -0.2) is 44.8 Å². The molecule has 0 unspecified atom stereocenters. The molecule has 2 N–H and O–H groups in total. The molecule has 1 saturated heterocycles. The Bertz CT molecular complexity index is 540. The smallest absolute Gasteiger partial charge is 0.319 e. The maximum absolute atomic E-state index is 12.3. The van der Waals surface area contributed by atoms with Crippen LogP contribution >= 0.6 is 11.8 Å². The van der Waals surface area contributed by atoms with Gasteiger partial charge in [0.1, 0.15) is 0 Å². The van der Waals surface area contributed by atoms with Crippen molar-refractivity contribution in [3.05, 3.63) is 24.3 Å². The van der Waals surface area contributed by atoms with Crippen molar-refractivity contribution in [3.8, 4) is 0 Å². The van der Waals surface area contributed by atoms with E-state index in [0.717, 1.165) is 23.6 Å². The zero-order valence-electron chi connectivity index (χ0n) is 12.9. The maximum Gasteiger partial charge on any atom is 0.319 e. The van der Waals surface area contributed by atoms with Crippen LogP contribution in [0.1, 0.15) is 6.42 Å². The molecule has 2 aliphatic rings. The van der Waals surface area contributed by atoms with Gasteiger partial charge in [0.15, 0.2) is 0 Å². The normalized spacial score (nSPS) is 29.5. The second-order valence-corrected chi connectivity index (χ2v) is 6.58. The van der Waals surface area contributed by atoms with Gasteiger partial charge in [-0.15, -0.1) is 11.8 Å². The molecular formula is C16H22N2O3S. The summed E-state index contributed by atoms with van der Waals surface area (Å²) in [6.07, 6.45) is 3.25. The van der Waals surface area contributed by atoms with Gasteiger partial charge in [-0.25, -0.2) is 4.79 Å². The van der Waals surface area contributed by atoms with Crippen molar-refractivity contribution in [2.24, 2.45) is 11.8 Å². The van der Waals surface area contributed by atoms with Crippen LogP contribution in [0.25, 0.3) is 0 Å². The van der Waals surface area contributed by atoms with Gasteiger partial charge in [0.2, 0.25) is 0 Å². The molecule has 2 amide bonds. The SMILES string of the molecule is COC[C@@H]1[C@H](NC(=O)Nc2ccccc2SC)[C@@H]2CCO[C@H]12. The number of benzene rings is 1. The van der Waals surface area contributed by atoms with E-state index < -0.39 is 0 Å². The molecule has 1 aromatic rings. The van der Waals surface area contributed by atoms with Crippen LogP contribution in [0.4, 0.5) is 10.5 Å². The average molecular weight is 322 g/mol. The number of carbonyl (C=O) groups is 1. The van der Waals surface area contributed by atoms with Gasteiger partial charge in [0.25, 0.3) is 0 Å². The first kappa shape index (κ1) is 15.6. The summed E-state index contributed by atoms with van der Waals surface area (Å²) in [7, 11) is 1.69. The molecule has 22 heavy (non-hydrogen) atoms. The fraction of sp³-hybridized carbons (Fsp3) is 0.562. The number of nitrogens with one attached hydrogen (secondary N) is 2. The van der Waals surface area contributed by atoms with Gasteiger partial charge < -0.3 is 20.1 Å². The number of urea groups is 1. The van der Waals surface area contributed by atoms with Crippen molar-refractivity contribution in [3.63, 3.8) is 0 Å². The summed E-state index contributed by atoms with van der Waals surface area (Å²) < 4.78 is 11.0. The van der Waals surface area contributed by atoms with E-state index in [-0.39, 0.29) is 24.1 Å². The van der Waals surface area contributed by atoms with Crippen LogP contribution in [0.15, 0.2) is 29.2 Å². The van der Waals surface area contributed by atoms with Gasteiger partial charge >= 0.3 is 6.03 Å². The lowest BCUT2D eigenvalue weighted by molar-refractivity contribution is -0.0798. The van der Waals surface area contributed by atoms with E-state index in [0.29, 0.717) is 12.5 Å². The van der Waals surface area contributed by atoms with Crippen LogP contribution in [0, 0.1) is 11.8 Å². The van der Waals surface area contributed by atoms with Crippen LogP contribution in [0.5, 0.6) is 0 Å². The molecule has 3 rings (SSSR count). The minimum Gasteiger partial charge on any atom is -0.384 e. The molecule has 4 atom stereocenters. The first-order chi connectivity index (χ1) is 10.7. The van der Waals surface area contributed by atoms with Crippen LogP contribution < -0.4 is 10.6 Å². The highest BCUT2D eigenvalue weighted by Crippen LogP contribution is 2.43. The Morgan fingerprint density at radius 3 is 3.05 bits per heavy atom. The van der Waals surface area contributed by atoms with E-state index in [1.54, 1.807) is 18.9 Å². The monoisotopic (exact) mass is 322 g/mol. The predicted octanol–water partition coefficient (Wildman–Crippen LogP) is 2.58. The second-order valence-electron chi connectivity index (χ2n) is 5.73. The lowest BCUT2D eigenvalue weighted by Gasteiger charge is -2.47. The van der Waals surface area contributed by atoms with Gasteiger partial charge in [-0.05, 0) is 24.8 Å². The molecule has 0 bridgehead atoms. The highest BCUT2D eigenvalue weighted by molar-refractivity contribution is 7.98. The Morgan fingerprint density at radius 1 is 1.45 bits per heavy atom. The van der Waals surface area contributed by atoms with E-state index in [1.807, 2.05) is 30.5 Å². The number of methoxy groups -OCH3 is 1. The molecule has 0 aromatic heterocycles. The molecule has 6 heteroatoms. The average Bonchev–Trinajstić information content (AvgIpc) is 2.95. The maximum atomic E-state index is 12.3. The van der Waals surface area contributed by atoms with E-state index in [9.17, 15) is 4.79 Å². The molecule has 0 radical (unpaired) electrons. The molecule has 0 spiro atoms. The molecule has 1 aliphatic carbocycles. The van der Waals surface area contributed by atoms with Gasteiger partial charge in [0, 0.05) is 36.5 Å². The van der Waals surface area contributed by atoms with Crippen LogP contribution in [-0.2, 0) is 9.47 Å².